The molecule has 4 aromatic heterocycles. The summed E-state index contributed by atoms with van der Waals surface area (Å²) < 4.78 is 14.4. The molecule has 0 spiro atoms. The molecule has 2 aliphatic heterocycles. The number of ether oxygens (including phenoxy) is 2. The predicted molar refractivity (Wildman–Crippen MR) is 137 cm³/mol. The number of nitrogens with one attached hydrogen (secondary N) is 1. The normalized spacial score (nSPS) is 29.6. The second kappa shape index (κ2) is 10.3. The van der Waals surface area contributed by atoms with Crippen LogP contribution in [0.3, 0.4) is 0 Å². The van der Waals surface area contributed by atoms with Crippen LogP contribution in [0.1, 0.15) is 25.3 Å². The van der Waals surface area contributed by atoms with Gasteiger partial charge in [0.2, 0.25) is 0 Å². The lowest BCUT2D eigenvalue weighted by molar-refractivity contribution is -0.0891. The van der Waals surface area contributed by atoms with E-state index in [1.54, 1.807) is 4.57 Å². The van der Waals surface area contributed by atoms with Crippen LogP contribution in [0.5, 0.6) is 0 Å². The van der Waals surface area contributed by atoms with E-state index in [-0.39, 0.29) is 29.7 Å². The van der Waals surface area contributed by atoms with Crippen molar-refractivity contribution in [2.45, 2.75) is 48.7 Å². The highest BCUT2D eigenvalue weighted by atomic mass is 16.6. The molecule has 7 N–H and O–H groups in total. The molecule has 2 fully saturated rings. The average Bonchev–Trinajstić information content (AvgIpc) is 3.73. The van der Waals surface area contributed by atoms with Crippen molar-refractivity contribution in [2.24, 2.45) is 0 Å². The van der Waals surface area contributed by atoms with Crippen molar-refractivity contribution in [2.75, 3.05) is 18.9 Å². The van der Waals surface area contributed by atoms with Gasteiger partial charge < -0.3 is 40.6 Å². The topological polar surface area (TPSA) is 233 Å². The molecule has 2 unspecified atom stereocenters. The number of hydrogen-bond acceptors (Lipinski definition) is 13. The Morgan fingerprint density at radius 1 is 0.925 bits per heavy atom. The molecule has 16 nitrogen and oxygen atoms in total. The van der Waals surface area contributed by atoms with Crippen LogP contribution < -0.4 is 11.3 Å². The van der Waals surface area contributed by atoms with E-state index in [1.807, 2.05) is 0 Å². The summed E-state index contributed by atoms with van der Waals surface area (Å²) in [5, 5.41) is 38.7. The third-order valence-corrected chi connectivity index (χ3v) is 6.95. The SMILES string of the molecule is C#C[C@]1(CO)O[C@@H](n2cnc3c(=O)[nH]cnc32)CC1O.C#C[C@]1(CO)O[C@@H](n2cnc3c(N)ncnc32)CC1O. The molecule has 0 bridgehead atoms. The van der Waals surface area contributed by atoms with Crippen LogP contribution in [0, 0.1) is 24.7 Å². The third kappa shape index (κ3) is 4.25. The van der Waals surface area contributed by atoms with Crippen LogP contribution >= 0.6 is 0 Å². The molecule has 40 heavy (non-hydrogen) atoms. The number of terminal acetylenes is 2. The molecule has 0 amide bonds. The van der Waals surface area contributed by atoms with Gasteiger partial charge in [0, 0.05) is 12.8 Å². The number of aliphatic hydroxyl groups excluding tert-OH is 4. The first kappa shape index (κ1) is 27.2. The molecule has 4 aromatic rings. The highest BCUT2D eigenvalue weighted by Gasteiger charge is 2.48. The summed E-state index contributed by atoms with van der Waals surface area (Å²) in [5.74, 6) is 4.86. The van der Waals surface area contributed by atoms with Crippen molar-refractivity contribution >= 4 is 28.1 Å². The minimum absolute atomic E-state index is 0.171. The summed E-state index contributed by atoms with van der Waals surface area (Å²) in [6, 6.07) is 0. The zero-order chi connectivity index (χ0) is 28.7. The van der Waals surface area contributed by atoms with Gasteiger partial charge in [-0.15, -0.1) is 12.8 Å². The summed E-state index contributed by atoms with van der Waals surface area (Å²) in [5.41, 5.74) is 3.95. The lowest BCUT2D eigenvalue weighted by Crippen LogP contribution is -2.41. The van der Waals surface area contributed by atoms with E-state index in [0.29, 0.717) is 16.8 Å². The predicted octanol–water partition coefficient (Wildman–Crippen LogP) is -2.18. The molecule has 208 valence electrons. The Morgan fingerprint density at radius 2 is 1.45 bits per heavy atom. The van der Waals surface area contributed by atoms with Gasteiger partial charge in [-0.3, -0.25) is 13.9 Å². The van der Waals surface area contributed by atoms with Crippen molar-refractivity contribution in [3.8, 4) is 24.7 Å². The Morgan fingerprint density at radius 3 is 1.95 bits per heavy atom. The maximum absolute atomic E-state index is 11.6. The van der Waals surface area contributed by atoms with Crippen LogP contribution in [-0.4, -0.2) is 96.1 Å². The zero-order valence-electron chi connectivity index (χ0n) is 20.8. The van der Waals surface area contributed by atoms with Gasteiger partial charge in [0.1, 0.15) is 36.5 Å². The van der Waals surface area contributed by atoms with Gasteiger partial charge >= 0.3 is 0 Å². The van der Waals surface area contributed by atoms with Crippen molar-refractivity contribution in [3.05, 3.63) is 35.7 Å². The van der Waals surface area contributed by atoms with E-state index in [2.05, 4.69) is 41.7 Å². The fraction of sp³-hybridized carbons (Fsp3) is 0.417. The minimum Gasteiger partial charge on any atom is -0.392 e. The molecule has 0 saturated carbocycles. The second-order valence-electron chi connectivity index (χ2n) is 9.17. The minimum atomic E-state index is -1.44. The number of aromatic amines is 1. The number of anilines is 1. The van der Waals surface area contributed by atoms with Gasteiger partial charge in [-0.2, -0.15) is 0 Å². The van der Waals surface area contributed by atoms with E-state index in [1.165, 1.54) is 29.9 Å². The van der Waals surface area contributed by atoms with E-state index >= 15 is 0 Å². The van der Waals surface area contributed by atoms with Crippen molar-refractivity contribution < 1.29 is 29.9 Å². The zero-order valence-corrected chi connectivity index (χ0v) is 20.8. The number of imidazole rings is 2. The molecular weight excluding hydrogens is 526 g/mol. The Hall–Kier alpha value is -4.42. The van der Waals surface area contributed by atoms with Gasteiger partial charge in [0.05, 0.1) is 32.2 Å². The number of nitrogens with two attached hydrogens (primary N) is 1. The highest BCUT2D eigenvalue weighted by Crippen LogP contribution is 2.38. The fourth-order valence-electron chi connectivity index (χ4n) is 4.63. The first-order valence-electron chi connectivity index (χ1n) is 11.9. The number of hydrogen-bond donors (Lipinski definition) is 6. The number of fused-ring (bicyclic) bond motifs is 2. The maximum Gasteiger partial charge on any atom is 0.278 e. The lowest BCUT2D eigenvalue weighted by atomic mass is 9.99. The van der Waals surface area contributed by atoms with E-state index in [0.717, 1.165) is 0 Å². The number of H-pyrrole nitrogens is 1. The number of nitrogens with zero attached hydrogens (tertiary/aromatic N) is 7. The Bertz CT molecular complexity index is 1690. The first-order chi connectivity index (χ1) is 19.2. The van der Waals surface area contributed by atoms with Gasteiger partial charge in [-0.25, -0.2) is 24.9 Å². The van der Waals surface area contributed by atoms with Gasteiger partial charge in [0.15, 0.2) is 33.8 Å². The van der Waals surface area contributed by atoms with Gasteiger partial charge in [0.25, 0.3) is 5.56 Å². The second-order valence-corrected chi connectivity index (χ2v) is 9.17. The summed E-state index contributed by atoms with van der Waals surface area (Å²) in [7, 11) is 0. The molecule has 6 atom stereocenters. The van der Waals surface area contributed by atoms with Crippen LogP contribution in [0.25, 0.3) is 22.3 Å². The third-order valence-electron chi connectivity index (χ3n) is 6.95. The van der Waals surface area contributed by atoms with Crippen LogP contribution in [0.2, 0.25) is 0 Å². The highest BCUT2D eigenvalue weighted by molar-refractivity contribution is 5.81. The molecular formula is C24H25N9O7. The summed E-state index contributed by atoms with van der Waals surface area (Å²) in [6.45, 7) is -0.966. The molecule has 6 heterocycles. The van der Waals surface area contributed by atoms with Crippen LogP contribution in [0.4, 0.5) is 5.82 Å². The maximum atomic E-state index is 11.6. The molecule has 16 heteroatoms. The number of rotatable bonds is 4. The monoisotopic (exact) mass is 551 g/mol. The quantitative estimate of drug-likeness (QED) is 0.148. The van der Waals surface area contributed by atoms with E-state index < -0.39 is 49.1 Å². The van der Waals surface area contributed by atoms with E-state index in [9.17, 15) is 25.2 Å². The number of aromatic nitrogens is 8. The number of nitrogen functional groups attached to an aromatic ring is 1. The smallest absolute Gasteiger partial charge is 0.278 e. The summed E-state index contributed by atoms with van der Waals surface area (Å²) >= 11 is 0. The van der Waals surface area contributed by atoms with Crippen molar-refractivity contribution in [1.29, 1.82) is 0 Å². The Balaban J connectivity index is 0.000000161. The standard InChI is InChI=1S/C12H13N5O3.C12H12N4O4/c1-2-12(4-18)7(19)3-8(20-12)17-6-16-9-10(13)14-5-15-11(9)17;1-2-12(4-17)7(18)3-8(20-12)16-6-15-9-10(16)13-5-14-11(9)19/h1,5-8,18-19H,3-4H2,(H2,13,14,15);1,5-8,17-18H,3-4H2,(H,13,14,19)/t2*7?,8-,12-/m11/s1. The molecule has 0 aromatic carbocycles. The van der Waals surface area contributed by atoms with Crippen molar-refractivity contribution in [3.63, 3.8) is 0 Å². The fourth-order valence-corrected chi connectivity index (χ4v) is 4.63. The lowest BCUT2D eigenvalue weighted by Gasteiger charge is -2.23. The Kier molecular flexibility index (Phi) is 6.98. The van der Waals surface area contributed by atoms with Crippen LogP contribution in [0.15, 0.2) is 30.1 Å². The molecule has 0 radical (unpaired) electrons. The Labute approximate surface area is 225 Å². The molecule has 2 saturated heterocycles. The van der Waals surface area contributed by atoms with Gasteiger partial charge in [-0.05, 0) is 0 Å². The molecule has 0 aliphatic carbocycles. The average molecular weight is 552 g/mol. The summed E-state index contributed by atoms with van der Waals surface area (Å²) in [4.78, 5) is 34.1. The molecule has 6 rings (SSSR count). The van der Waals surface area contributed by atoms with Crippen LogP contribution in [-0.2, 0) is 9.47 Å². The van der Waals surface area contributed by atoms with E-state index in [4.69, 9.17) is 28.1 Å². The largest absolute Gasteiger partial charge is 0.392 e. The first-order valence-corrected chi connectivity index (χ1v) is 11.9. The van der Waals surface area contributed by atoms with Gasteiger partial charge in [-0.1, -0.05) is 11.8 Å². The van der Waals surface area contributed by atoms with Crippen molar-refractivity contribution in [1.82, 2.24) is 39.0 Å². The number of aliphatic hydroxyl groups is 4. The summed E-state index contributed by atoms with van der Waals surface area (Å²) in [6.07, 6.45) is 13.3. The molecule has 2 aliphatic rings.